The molecular formula is C15H20N2O3. The second kappa shape index (κ2) is 6.05. The lowest BCUT2D eigenvalue weighted by molar-refractivity contribution is -0.126. The van der Waals surface area contributed by atoms with Gasteiger partial charge in [-0.3, -0.25) is 4.79 Å². The average molecular weight is 276 g/mol. The van der Waals surface area contributed by atoms with Gasteiger partial charge in [0.25, 0.3) is 5.91 Å². The molecule has 0 aliphatic carbocycles. The highest BCUT2D eigenvalue weighted by molar-refractivity contribution is 5.95. The third-order valence-corrected chi connectivity index (χ3v) is 2.97. The number of carbonyl (C=O) groups is 1. The lowest BCUT2D eigenvalue weighted by Gasteiger charge is -2.14. The number of hydrogen-bond donors (Lipinski definition) is 1. The van der Waals surface area contributed by atoms with Crippen LogP contribution in [0.15, 0.2) is 22.7 Å². The summed E-state index contributed by atoms with van der Waals surface area (Å²) in [5.74, 6) is 0.236. The molecule has 1 aromatic heterocycles. The highest BCUT2D eigenvalue weighted by Gasteiger charge is 2.15. The lowest BCUT2D eigenvalue weighted by atomic mass is 10.2. The van der Waals surface area contributed by atoms with Crippen molar-refractivity contribution in [2.24, 2.45) is 5.92 Å². The summed E-state index contributed by atoms with van der Waals surface area (Å²) in [4.78, 5) is 12.0. The second-order valence-corrected chi connectivity index (χ2v) is 5.34. The predicted molar refractivity (Wildman–Crippen MR) is 77.6 cm³/mol. The molecule has 0 saturated carbocycles. The topological polar surface area (TPSA) is 64.4 Å². The fourth-order valence-electron chi connectivity index (χ4n) is 1.80. The van der Waals surface area contributed by atoms with E-state index < -0.39 is 6.10 Å². The smallest absolute Gasteiger partial charge is 0.253 e. The first-order valence-corrected chi connectivity index (χ1v) is 6.76. The number of rotatable bonds is 5. The first-order valence-electron chi connectivity index (χ1n) is 6.76. The van der Waals surface area contributed by atoms with E-state index in [1.165, 1.54) is 0 Å². The van der Waals surface area contributed by atoms with Crippen molar-refractivity contribution in [2.75, 3.05) is 11.9 Å². The van der Waals surface area contributed by atoms with Gasteiger partial charge in [-0.1, -0.05) is 19.0 Å². The van der Waals surface area contributed by atoms with Gasteiger partial charge in [0.1, 0.15) is 6.10 Å². The molecule has 0 radical (unpaired) electrons. The Morgan fingerprint density at radius 1 is 1.40 bits per heavy atom. The molecule has 108 valence electrons. The molecular weight excluding hydrogens is 256 g/mol. The maximum atomic E-state index is 12.0. The molecule has 0 saturated heterocycles. The van der Waals surface area contributed by atoms with Crippen molar-refractivity contribution in [3.05, 3.63) is 23.9 Å². The molecule has 0 bridgehead atoms. The summed E-state index contributed by atoms with van der Waals surface area (Å²) >= 11 is 0. The highest BCUT2D eigenvalue weighted by atomic mass is 16.5. The molecule has 0 aliphatic heterocycles. The lowest BCUT2D eigenvalue weighted by Crippen LogP contribution is -2.28. The number of amides is 1. The van der Waals surface area contributed by atoms with E-state index in [1.807, 2.05) is 32.9 Å². The number of benzene rings is 1. The van der Waals surface area contributed by atoms with Gasteiger partial charge in [-0.2, -0.15) is 0 Å². The number of nitrogens with zero attached hydrogens (tertiary/aromatic N) is 1. The van der Waals surface area contributed by atoms with Gasteiger partial charge < -0.3 is 14.6 Å². The average Bonchev–Trinajstić information content (AvgIpc) is 2.77. The van der Waals surface area contributed by atoms with Gasteiger partial charge in [0.05, 0.1) is 5.69 Å². The van der Waals surface area contributed by atoms with Gasteiger partial charge in [0.15, 0.2) is 5.58 Å². The van der Waals surface area contributed by atoms with E-state index in [0.29, 0.717) is 23.8 Å². The van der Waals surface area contributed by atoms with Crippen LogP contribution in [0.3, 0.4) is 0 Å². The van der Waals surface area contributed by atoms with Crippen LogP contribution in [0.4, 0.5) is 5.69 Å². The van der Waals surface area contributed by atoms with Crippen molar-refractivity contribution in [1.82, 2.24) is 5.16 Å². The molecule has 1 unspecified atom stereocenters. The molecule has 1 heterocycles. The predicted octanol–water partition coefficient (Wildman–Crippen LogP) is 3.14. The van der Waals surface area contributed by atoms with Crippen LogP contribution in [0.5, 0.6) is 0 Å². The van der Waals surface area contributed by atoms with Crippen molar-refractivity contribution in [2.45, 2.75) is 33.8 Å². The van der Waals surface area contributed by atoms with Gasteiger partial charge in [-0.25, -0.2) is 0 Å². The Morgan fingerprint density at radius 3 is 2.85 bits per heavy atom. The first-order chi connectivity index (χ1) is 9.47. The van der Waals surface area contributed by atoms with E-state index in [1.54, 1.807) is 13.0 Å². The van der Waals surface area contributed by atoms with E-state index in [4.69, 9.17) is 9.26 Å². The van der Waals surface area contributed by atoms with Crippen molar-refractivity contribution in [3.8, 4) is 0 Å². The monoisotopic (exact) mass is 276 g/mol. The van der Waals surface area contributed by atoms with E-state index in [2.05, 4.69) is 10.5 Å². The van der Waals surface area contributed by atoms with Crippen LogP contribution in [0.2, 0.25) is 0 Å². The molecule has 1 N–H and O–H groups in total. The zero-order valence-corrected chi connectivity index (χ0v) is 12.3. The third kappa shape index (κ3) is 3.36. The largest absolute Gasteiger partial charge is 0.368 e. The van der Waals surface area contributed by atoms with E-state index >= 15 is 0 Å². The summed E-state index contributed by atoms with van der Waals surface area (Å²) < 4.78 is 10.7. The first kappa shape index (κ1) is 14.5. The number of ether oxygens (including phenoxy) is 1. The van der Waals surface area contributed by atoms with Gasteiger partial charge in [0, 0.05) is 23.7 Å². The van der Waals surface area contributed by atoms with Crippen LogP contribution >= 0.6 is 0 Å². The summed E-state index contributed by atoms with van der Waals surface area (Å²) in [6, 6.07) is 5.48. The maximum absolute atomic E-state index is 12.0. The molecule has 5 heteroatoms. The standard InChI is InChI=1S/C15H20N2O3/c1-9(2)8-19-11(4)15(18)16-12-5-6-13-10(3)17-20-14(13)7-12/h5-7,9,11H,8H2,1-4H3,(H,16,18). The van der Waals surface area contributed by atoms with Gasteiger partial charge in [-0.05, 0) is 31.9 Å². The summed E-state index contributed by atoms with van der Waals surface area (Å²) in [7, 11) is 0. The Kier molecular flexibility index (Phi) is 4.39. The normalized spacial score (nSPS) is 12.8. The van der Waals surface area contributed by atoms with Crippen molar-refractivity contribution in [1.29, 1.82) is 0 Å². The number of aryl methyl sites for hydroxylation is 1. The molecule has 2 aromatic rings. The van der Waals surface area contributed by atoms with Crippen LogP contribution in [0, 0.1) is 12.8 Å². The molecule has 2 rings (SSSR count). The summed E-state index contributed by atoms with van der Waals surface area (Å²) in [5, 5.41) is 7.65. The highest BCUT2D eigenvalue weighted by Crippen LogP contribution is 2.21. The molecule has 1 aromatic carbocycles. The maximum Gasteiger partial charge on any atom is 0.253 e. The van der Waals surface area contributed by atoms with Gasteiger partial charge in [-0.15, -0.1) is 0 Å². The quantitative estimate of drug-likeness (QED) is 0.911. The third-order valence-electron chi connectivity index (χ3n) is 2.97. The fourth-order valence-corrected chi connectivity index (χ4v) is 1.80. The minimum Gasteiger partial charge on any atom is -0.368 e. The van der Waals surface area contributed by atoms with Crippen LogP contribution in [0.1, 0.15) is 26.5 Å². The summed E-state index contributed by atoms with van der Waals surface area (Å²) in [5.41, 5.74) is 2.18. The van der Waals surface area contributed by atoms with Gasteiger partial charge >= 0.3 is 0 Å². The van der Waals surface area contributed by atoms with E-state index in [-0.39, 0.29) is 5.91 Å². The minimum absolute atomic E-state index is 0.166. The summed E-state index contributed by atoms with van der Waals surface area (Å²) in [6.07, 6.45) is -0.482. The fraction of sp³-hybridized carbons (Fsp3) is 0.467. The Hall–Kier alpha value is -1.88. The number of nitrogens with one attached hydrogen (secondary N) is 1. The Labute approximate surface area is 118 Å². The Bertz CT molecular complexity index is 604. The van der Waals surface area contributed by atoms with Crippen molar-refractivity contribution in [3.63, 3.8) is 0 Å². The van der Waals surface area contributed by atoms with E-state index in [0.717, 1.165) is 11.1 Å². The Morgan fingerprint density at radius 2 is 2.15 bits per heavy atom. The van der Waals surface area contributed by atoms with Gasteiger partial charge in [0.2, 0.25) is 0 Å². The van der Waals surface area contributed by atoms with Crippen molar-refractivity contribution < 1.29 is 14.1 Å². The van der Waals surface area contributed by atoms with Crippen molar-refractivity contribution >= 4 is 22.6 Å². The number of anilines is 1. The molecule has 1 amide bonds. The number of hydrogen-bond acceptors (Lipinski definition) is 4. The van der Waals surface area contributed by atoms with E-state index in [9.17, 15) is 4.79 Å². The van der Waals surface area contributed by atoms with Crippen LogP contribution in [0.25, 0.3) is 11.0 Å². The molecule has 20 heavy (non-hydrogen) atoms. The zero-order chi connectivity index (χ0) is 14.7. The molecule has 5 nitrogen and oxygen atoms in total. The molecule has 1 atom stereocenters. The summed E-state index contributed by atoms with van der Waals surface area (Å²) in [6.45, 7) is 8.28. The SMILES string of the molecule is Cc1noc2cc(NC(=O)C(C)OCC(C)C)ccc12. The van der Waals surface area contributed by atoms with Crippen LogP contribution in [-0.2, 0) is 9.53 Å². The molecule has 0 fully saturated rings. The Balaban J connectivity index is 2.02. The minimum atomic E-state index is -0.482. The number of aromatic nitrogens is 1. The van der Waals surface area contributed by atoms with Crippen LogP contribution in [-0.4, -0.2) is 23.8 Å². The molecule has 0 aliphatic rings. The zero-order valence-electron chi connectivity index (χ0n) is 12.3. The second-order valence-electron chi connectivity index (χ2n) is 5.34. The molecule has 0 spiro atoms. The number of fused-ring (bicyclic) bond motifs is 1. The number of carbonyl (C=O) groups excluding carboxylic acids is 1. The van der Waals surface area contributed by atoms with Crippen LogP contribution < -0.4 is 5.32 Å².